The van der Waals surface area contributed by atoms with E-state index in [4.69, 9.17) is 14.2 Å². The van der Waals surface area contributed by atoms with Crippen LogP contribution in [0.4, 0.5) is 0 Å². The van der Waals surface area contributed by atoms with Gasteiger partial charge in [-0.15, -0.1) is 0 Å². The van der Waals surface area contributed by atoms with Crippen LogP contribution in [0.5, 0.6) is 0 Å². The molecule has 0 rings (SSSR count). The minimum absolute atomic E-state index is 0.0641. The lowest BCUT2D eigenvalue weighted by molar-refractivity contribution is -0.167. The highest BCUT2D eigenvalue weighted by molar-refractivity contribution is 5.71. The minimum atomic E-state index is -0.762. The summed E-state index contributed by atoms with van der Waals surface area (Å²) in [4.78, 5) is 37.9. The lowest BCUT2D eigenvalue weighted by Gasteiger charge is -2.18. The molecular weight excluding hydrogens is 733 g/mol. The monoisotopic (exact) mass is 835 g/mol. The van der Waals surface area contributed by atoms with Gasteiger partial charge < -0.3 is 14.2 Å². The van der Waals surface area contributed by atoms with E-state index in [0.717, 1.165) is 69.6 Å². The number of carbonyl (C=O) groups excluding carboxylic acids is 3. The fourth-order valence-electron chi connectivity index (χ4n) is 7.96. The van der Waals surface area contributed by atoms with Gasteiger partial charge in [-0.25, -0.2) is 0 Å². The number of unbranched alkanes of at least 4 members (excludes halogenated alkanes) is 31. The Bertz CT molecular complexity index is 902. The molecule has 59 heavy (non-hydrogen) atoms. The van der Waals surface area contributed by atoms with Gasteiger partial charge in [0.15, 0.2) is 6.10 Å². The van der Waals surface area contributed by atoms with Crippen LogP contribution in [0.15, 0.2) is 0 Å². The van der Waals surface area contributed by atoms with Crippen LogP contribution in [-0.2, 0) is 28.6 Å². The summed E-state index contributed by atoms with van der Waals surface area (Å²) in [6.07, 6.45) is 46.6. The Balaban J connectivity index is 4.31. The summed E-state index contributed by atoms with van der Waals surface area (Å²) in [6.45, 7) is 11.4. The topological polar surface area (TPSA) is 78.9 Å². The molecule has 0 aliphatic heterocycles. The van der Waals surface area contributed by atoms with Crippen LogP contribution in [-0.4, -0.2) is 37.2 Å². The molecule has 350 valence electrons. The molecule has 0 aromatic carbocycles. The smallest absolute Gasteiger partial charge is 0.306 e. The van der Waals surface area contributed by atoms with E-state index < -0.39 is 6.10 Å². The zero-order valence-corrected chi connectivity index (χ0v) is 40.4. The van der Waals surface area contributed by atoms with Crippen molar-refractivity contribution >= 4 is 17.9 Å². The predicted molar refractivity (Wildman–Crippen MR) is 252 cm³/mol. The molecule has 0 radical (unpaired) electrons. The zero-order valence-electron chi connectivity index (χ0n) is 40.4. The van der Waals surface area contributed by atoms with Crippen LogP contribution in [0.1, 0.15) is 291 Å². The van der Waals surface area contributed by atoms with Crippen molar-refractivity contribution in [1.82, 2.24) is 0 Å². The van der Waals surface area contributed by atoms with Crippen molar-refractivity contribution in [3.05, 3.63) is 0 Å². The molecule has 2 atom stereocenters. The second-order valence-electron chi connectivity index (χ2n) is 18.9. The largest absolute Gasteiger partial charge is 0.462 e. The van der Waals surface area contributed by atoms with E-state index in [1.165, 1.54) is 180 Å². The molecule has 0 spiro atoms. The van der Waals surface area contributed by atoms with Gasteiger partial charge in [0.2, 0.25) is 0 Å². The quantitative estimate of drug-likeness (QED) is 0.0345. The van der Waals surface area contributed by atoms with E-state index >= 15 is 0 Å². The van der Waals surface area contributed by atoms with E-state index in [1.807, 2.05) is 0 Å². The standard InChI is InChI=1S/C53H102O6/c1-6-8-9-10-11-12-13-14-15-16-17-18-23-30-35-40-45-53(56)59-50(47-58-52(55)44-39-34-29-25-24-26-31-36-41-48(3)4)46-57-51(54)43-38-33-28-22-20-19-21-27-32-37-42-49(5)7-2/h48-50H,6-47H2,1-5H3/t49?,50-/m0/s1. The highest BCUT2D eigenvalue weighted by Gasteiger charge is 2.19. The number of carbonyl (C=O) groups is 3. The zero-order chi connectivity index (χ0) is 43.3. The minimum Gasteiger partial charge on any atom is -0.462 e. The molecule has 0 aliphatic rings. The molecule has 0 saturated heterocycles. The molecule has 0 fully saturated rings. The van der Waals surface area contributed by atoms with Gasteiger partial charge in [-0.2, -0.15) is 0 Å². The maximum Gasteiger partial charge on any atom is 0.306 e. The molecule has 0 aliphatic carbocycles. The second kappa shape index (κ2) is 45.9. The Hall–Kier alpha value is -1.59. The molecule has 6 nitrogen and oxygen atoms in total. The summed E-state index contributed by atoms with van der Waals surface area (Å²) in [5.41, 5.74) is 0. The molecular formula is C53H102O6. The number of hydrogen-bond donors (Lipinski definition) is 0. The average Bonchev–Trinajstić information content (AvgIpc) is 3.22. The lowest BCUT2D eigenvalue weighted by atomic mass is 9.99. The molecule has 0 heterocycles. The van der Waals surface area contributed by atoms with Crippen LogP contribution >= 0.6 is 0 Å². The van der Waals surface area contributed by atoms with Gasteiger partial charge in [0.1, 0.15) is 13.2 Å². The Morgan fingerprint density at radius 3 is 0.966 bits per heavy atom. The van der Waals surface area contributed by atoms with Crippen molar-refractivity contribution in [1.29, 1.82) is 0 Å². The first kappa shape index (κ1) is 57.4. The first-order valence-electron chi connectivity index (χ1n) is 26.3. The Morgan fingerprint density at radius 1 is 0.356 bits per heavy atom. The molecule has 1 unspecified atom stereocenters. The van der Waals surface area contributed by atoms with E-state index in [2.05, 4.69) is 34.6 Å². The summed E-state index contributed by atoms with van der Waals surface area (Å²) in [5, 5.41) is 0. The van der Waals surface area contributed by atoms with Crippen molar-refractivity contribution < 1.29 is 28.6 Å². The summed E-state index contributed by atoms with van der Waals surface area (Å²) < 4.78 is 16.8. The Kier molecular flexibility index (Phi) is 44.7. The Labute approximate surface area is 368 Å². The van der Waals surface area contributed by atoms with Crippen molar-refractivity contribution in [2.24, 2.45) is 11.8 Å². The molecule has 0 saturated carbocycles. The lowest BCUT2D eigenvalue weighted by Crippen LogP contribution is -2.30. The van der Waals surface area contributed by atoms with Crippen LogP contribution < -0.4 is 0 Å². The van der Waals surface area contributed by atoms with Gasteiger partial charge in [-0.1, -0.05) is 253 Å². The maximum absolute atomic E-state index is 12.8. The summed E-state index contributed by atoms with van der Waals surface area (Å²) in [6, 6.07) is 0. The van der Waals surface area contributed by atoms with E-state index in [9.17, 15) is 14.4 Å². The van der Waals surface area contributed by atoms with Crippen molar-refractivity contribution in [2.45, 2.75) is 298 Å². The number of esters is 3. The van der Waals surface area contributed by atoms with E-state index in [0.29, 0.717) is 19.3 Å². The summed E-state index contributed by atoms with van der Waals surface area (Å²) >= 11 is 0. The fraction of sp³-hybridized carbons (Fsp3) is 0.943. The SMILES string of the molecule is CCCCCCCCCCCCCCCCCCC(=O)O[C@@H](COC(=O)CCCCCCCCCCCCC(C)CC)COC(=O)CCCCCCCCCCC(C)C. The molecule has 0 aromatic heterocycles. The van der Waals surface area contributed by atoms with Crippen LogP contribution in [0.2, 0.25) is 0 Å². The first-order valence-corrected chi connectivity index (χ1v) is 26.3. The highest BCUT2D eigenvalue weighted by Crippen LogP contribution is 2.18. The Morgan fingerprint density at radius 2 is 0.644 bits per heavy atom. The summed E-state index contributed by atoms with van der Waals surface area (Å²) in [5.74, 6) is 0.817. The second-order valence-corrected chi connectivity index (χ2v) is 18.9. The third kappa shape index (κ3) is 45.8. The first-order chi connectivity index (χ1) is 28.8. The predicted octanol–water partition coefficient (Wildman–Crippen LogP) is 16.9. The third-order valence-electron chi connectivity index (χ3n) is 12.3. The van der Waals surface area contributed by atoms with E-state index in [-0.39, 0.29) is 31.1 Å². The average molecular weight is 835 g/mol. The summed E-state index contributed by atoms with van der Waals surface area (Å²) in [7, 11) is 0. The maximum atomic E-state index is 12.8. The number of rotatable bonds is 47. The van der Waals surface area contributed by atoms with Gasteiger partial charge in [0.25, 0.3) is 0 Å². The number of ether oxygens (including phenoxy) is 3. The third-order valence-corrected chi connectivity index (χ3v) is 12.3. The normalized spacial score (nSPS) is 12.5. The molecule has 0 amide bonds. The molecule has 0 aromatic rings. The van der Waals surface area contributed by atoms with Gasteiger partial charge >= 0.3 is 17.9 Å². The van der Waals surface area contributed by atoms with Crippen molar-refractivity contribution in [2.75, 3.05) is 13.2 Å². The molecule has 0 bridgehead atoms. The highest BCUT2D eigenvalue weighted by atomic mass is 16.6. The fourth-order valence-corrected chi connectivity index (χ4v) is 7.96. The van der Waals surface area contributed by atoms with Gasteiger partial charge in [-0.05, 0) is 31.1 Å². The van der Waals surface area contributed by atoms with Gasteiger partial charge in [0, 0.05) is 19.3 Å². The van der Waals surface area contributed by atoms with Gasteiger partial charge in [0.05, 0.1) is 0 Å². The molecule has 0 N–H and O–H groups in total. The van der Waals surface area contributed by atoms with Crippen molar-refractivity contribution in [3.63, 3.8) is 0 Å². The van der Waals surface area contributed by atoms with Crippen LogP contribution in [0, 0.1) is 11.8 Å². The molecule has 6 heteroatoms. The van der Waals surface area contributed by atoms with Crippen LogP contribution in [0.25, 0.3) is 0 Å². The van der Waals surface area contributed by atoms with Crippen LogP contribution in [0.3, 0.4) is 0 Å². The van der Waals surface area contributed by atoms with Gasteiger partial charge in [-0.3, -0.25) is 14.4 Å². The van der Waals surface area contributed by atoms with E-state index in [1.54, 1.807) is 0 Å². The number of hydrogen-bond acceptors (Lipinski definition) is 6. The van der Waals surface area contributed by atoms with Crippen molar-refractivity contribution in [3.8, 4) is 0 Å².